The van der Waals surface area contributed by atoms with E-state index in [9.17, 15) is 29.1 Å². The second kappa shape index (κ2) is 14.0. The molecule has 1 aromatic carbocycles. The second-order valence-electron chi connectivity index (χ2n) is 11.7. The zero-order valence-corrected chi connectivity index (χ0v) is 23.9. The number of aliphatic hydroxyl groups is 1. The Kier molecular flexibility index (Phi) is 11.0. The van der Waals surface area contributed by atoms with Gasteiger partial charge in [0, 0.05) is 0 Å². The lowest BCUT2D eigenvalue weighted by atomic mass is 9.87. The Bertz CT molecular complexity index is 1070. The molecular formula is C29H43N5O6. The molecule has 4 atom stereocenters. The third-order valence-corrected chi connectivity index (χ3v) is 7.45. The molecule has 1 aliphatic carbocycles. The van der Waals surface area contributed by atoms with E-state index in [1.165, 1.54) is 0 Å². The molecule has 2 aliphatic rings. The predicted molar refractivity (Wildman–Crippen MR) is 149 cm³/mol. The highest BCUT2D eigenvalue weighted by molar-refractivity contribution is 6.38. The van der Waals surface area contributed by atoms with Gasteiger partial charge in [0.1, 0.15) is 6.04 Å². The lowest BCUT2D eigenvalue weighted by Crippen LogP contribution is -2.54. The summed E-state index contributed by atoms with van der Waals surface area (Å²) < 4.78 is 0. The van der Waals surface area contributed by atoms with Gasteiger partial charge in [0.05, 0.1) is 30.8 Å². The molecule has 3 unspecified atom stereocenters. The van der Waals surface area contributed by atoms with Gasteiger partial charge in [-0.1, -0.05) is 43.2 Å². The van der Waals surface area contributed by atoms with Crippen LogP contribution >= 0.6 is 0 Å². The standard InChI is InChI=1S/C29H43N5O6/c1-29(2,40)15-20-12-13-34(4)25(20)27(38)32-21(14-18-10-11-18)26(37)28(39)31-17-23(36)33-24(22(35)16-30-3)19-8-6-5-7-9-19/h5-9,18,20-21,24-25,30,40H,10-17H2,1-4H3,(H,31,39)(H,32,38)(H,33,36)/t20-,21?,24?,25?/m1/s1. The summed E-state index contributed by atoms with van der Waals surface area (Å²) in [4.78, 5) is 66.4. The third-order valence-electron chi connectivity index (χ3n) is 7.45. The highest BCUT2D eigenvalue weighted by Gasteiger charge is 2.42. The Hall–Kier alpha value is -3.15. The van der Waals surface area contributed by atoms with Gasteiger partial charge >= 0.3 is 0 Å². The zero-order chi connectivity index (χ0) is 29.4. The van der Waals surface area contributed by atoms with Crippen molar-refractivity contribution in [3.05, 3.63) is 35.9 Å². The summed E-state index contributed by atoms with van der Waals surface area (Å²) in [6.07, 6.45) is 3.39. The van der Waals surface area contributed by atoms with Gasteiger partial charge in [-0.2, -0.15) is 0 Å². The van der Waals surface area contributed by atoms with E-state index in [4.69, 9.17) is 0 Å². The highest BCUT2D eigenvalue weighted by atomic mass is 16.3. The van der Waals surface area contributed by atoms with Crippen molar-refractivity contribution in [2.45, 2.75) is 69.7 Å². The van der Waals surface area contributed by atoms with Crippen LogP contribution in [0.15, 0.2) is 30.3 Å². The van der Waals surface area contributed by atoms with Gasteiger partial charge in [0.15, 0.2) is 5.78 Å². The molecule has 11 heteroatoms. The van der Waals surface area contributed by atoms with Crippen LogP contribution in [0.5, 0.6) is 0 Å². The van der Waals surface area contributed by atoms with Crippen LogP contribution in [0.1, 0.15) is 57.6 Å². The van der Waals surface area contributed by atoms with Crippen LogP contribution in [0.3, 0.4) is 0 Å². The summed E-state index contributed by atoms with van der Waals surface area (Å²) in [5.74, 6) is -2.82. The van der Waals surface area contributed by atoms with Gasteiger partial charge in [-0.25, -0.2) is 0 Å². The molecular weight excluding hydrogens is 514 g/mol. The number of likely N-dealkylation sites (N-methyl/N-ethyl adjacent to an activating group) is 2. The number of hydrogen-bond donors (Lipinski definition) is 5. The second-order valence-corrected chi connectivity index (χ2v) is 11.7. The van der Waals surface area contributed by atoms with E-state index in [2.05, 4.69) is 21.3 Å². The molecule has 1 aromatic rings. The first-order valence-corrected chi connectivity index (χ1v) is 14.0. The molecule has 0 spiro atoms. The number of nitrogens with one attached hydrogen (secondary N) is 4. The largest absolute Gasteiger partial charge is 0.390 e. The number of benzene rings is 1. The van der Waals surface area contributed by atoms with Crippen molar-refractivity contribution in [3.63, 3.8) is 0 Å². The van der Waals surface area contributed by atoms with Crippen molar-refractivity contribution in [2.24, 2.45) is 11.8 Å². The minimum Gasteiger partial charge on any atom is -0.390 e. The molecule has 11 nitrogen and oxygen atoms in total. The van der Waals surface area contributed by atoms with Crippen LogP contribution in [0.4, 0.5) is 0 Å². The lowest BCUT2D eigenvalue weighted by molar-refractivity contribution is -0.141. The van der Waals surface area contributed by atoms with E-state index in [1.807, 2.05) is 11.9 Å². The predicted octanol–water partition coefficient (Wildman–Crippen LogP) is 0.0839. The number of ketones is 2. The van der Waals surface area contributed by atoms with Crippen LogP contribution in [0.25, 0.3) is 0 Å². The summed E-state index contributed by atoms with van der Waals surface area (Å²) >= 11 is 0. The number of likely N-dealkylation sites (tertiary alicyclic amines) is 1. The molecule has 1 heterocycles. The van der Waals surface area contributed by atoms with Crippen molar-refractivity contribution in [1.29, 1.82) is 0 Å². The van der Waals surface area contributed by atoms with Gasteiger partial charge < -0.3 is 26.4 Å². The molecule has 40 heavy (non-hydrogen) atoms. The lowest BCUT2D eigenvalue weighted by Gasteiger charge is -2.29. The van der Waals surface area contributed by atoms with Crippen molar-refractivity contribution in [2.75, 3.05) is 33.7 Å². The molecule has 0 aromatic heterocycles. The first-order chi connectivity index (χ1) is 18.9. The highest BCUT2D eigenvalue weighted by Crippen LogP contribution is 2.34. The monoisotopic (exact) mass is 557 g/mol. The summed E-state index contributed by atoms with van der Waals surface area (Å²) in [6, 6.07) is 6.33. The molecule has 1 aliphatic heterocycles. The first-order valence-electron chi connectivity index (χ1n) is 14.0. The van der Waals surface area contributed by atoms with E-state index in [0.29, 0.717) is 24.9 Å². The Morgan fingerprint density at radius 1 is 1.02 bits per heavy atom. The average Bonchev–Trinajstić information content (AvgIpc) is 3.65. The number of rotatable bonds is 15. The zero-order valence-electron chi connectivity index (χ0n) is 23.9. The van der Waals surface area contributed by atoms with Crippen molar-refractivity contribution < 1.29 is 29.1 Å². The van der Waals surface area contributed by atoms with Crippen molar-refractivity contribution >= 4 is 29.3 Å². The quantitative estimate of drug-likeness (QED) is 0.190. The number of carbonyl (C=O) groups is 5. The summed E-state index contributed by atoms with van der Waals surface area (Å²) in [7, 11) is 3.46. The van der Waals surface area contributed by atoms with Crippen molar-refractivity contribution in [1.82, 2.24) is 26.2 Å². The Morgan fingerprint density at radius 2 is 1.70 bits per heavy atom. The maximum Gasteiger partial charge on any atom is 0.290 e. The number of nitrogens with zero attached hydrogens (tertiary/aromatic N) is 1. The number of amides is 3. The number of carbonyl (C=O) groups excluding carboxylic acids is 5. The average molecular weight is 558 g/mol. The van der Waals surface area contributed by atoms with Gasteiger partial charge in [-0.3, -0.25) is 28.9 Å². The fourth-order valence-electron chi connectivity index (χ4n) is 5.36. The van der Waals surface area contributed by atoms with Crippen LogP contribution in [0, 0.1) is 11.8 Å². The van der Waals surface area contributed by atoms with Crippen LogP contribution in [-0.4, -0.2) is 90.7 Å². The van der Waals surface area contributed by atoms with Crippen molar-refractivity contribution in [3.8, 4) is 0 Å². The molecule has 0 radical (unpaired) electrons. The summed E-state index contributed by atoms with van der Waals surface area (Å²) in [5, 5.41) is 20.9. The Balaban J connectivity index is 1.60. The number of hydrogen-bond acceptors (Lipinski definition) is 8. The van der Waals surface area contributed by atoms with Gasteiger partial charge in [0.2, 0.25) is 17.6 Å². The maximum atomic E-state index is 13.3. The molecule has 3 amide bonds. The van der Waals surface area contributed by atoms with E-state index < -0.39 is 47.9 Å². The first kappa shape index (κ1) is 31.4. The molecule has 2 fully saturated rings. The normalized spacial score (nSPS) is 20.8. The van der Waals surface area contributed by atoms with Crippen LogP contribution < -0.4 is 21.3 Å². The van der Waals surface area contributed by atoms with Crippen LogP contribution in [-0.2, 0) is 24.0 Å². The van der Waals surface area contributed by atoms with E-state index in [0.717, 1.165) is 19.3 Å². The van der Waals surface area contributed by atoms with Gasteiger partial charge in [0.25, 0.3) is 5.91 Å². The molecule has 1 saturated carbocycles. The SMILES string of the molecule is CNCC(=O)C(NC(=O)CNC(=O)C(=O)C(CC1CC1)NC(=O)C1[C@@H](CC(C)(C)O)CCN1C)c1ccccc1. The summed E-state index contributed by atoms with van der Waals surface area (Å²) in [6.45, 7) is 3.65. The number of Topliss-reactive ketones (excluding diaryl/α,β-unsaturated/α-hetero) is 2. The Morgan fingerprint density at radius 3 is 2.30 bits per heavy atom. The van der Waals surface area contributed by atoms with Crippen LogP contribution in [0.2, 0.25) is 0 Å². The third kappa shape index (κ3) is 9.21. The molecule has 1 saturated heterocycles. The fourth-order valence-corrected chi connectivity index (χ4v) is 5.36. The topological polar surface area (TPSA) is 157 Å². The Labute approximate surface area is 235 Å². The molecule has 5 N–H and O–H groups in total. The minimum absolute atomic E-state index is 0.0417. The molecule has 3 rings (SSSR count). The fraction of sp³-hybridized carbons (Fsp3) is 0.621. The molecule has 0 bridgehead atoms. The van der Waals surface area contributed by atoms with Gasteiger partial charge in [-0.05, 0) is 71.1 Å². The van der Waals surface area contributed by atoms with E-state index in [1.54, 1.807) is 51.2 Å². The van der Waals surface area contributed by atoms with E-state index >= 15 is 0 Å². The minimum atomic E-state index is -1.01. The molecule has 220 valence electrons. The smallest absolute Gasteiger partial charge is 0.290 e. The summed E-state index contributed by atoms with van der Waals surface area (Å²) in [5.41, 5.74) is -0.333. The van der Waals surface area contributed by atoms with E-state index in [-0.39, 0.29) is 30.1 Å². The van der Waals surface area contributed by atoms with Gasteiger partial charge in [-0.15, -0.1) is 0 Å². The maximum absolute atomic E-state index is 13.3.